The monoisotopic (exact) mass is 398 g/mol. The number of ketones is 1. The van der Waals surface area contributed by atoms with Gasteiger partial charge in [-0.1, -0.05) is 0 Å². The van der Waals surface area contributed by atoms with Crippen LogP contribution in [0.15, 0.2) is 9.66 Å². The van der Waals surface area contributed by atoms with E-state index in [1.807, 2.05) is 17.9 Å². The van der Waals surface area contributed by atoms with Crippen molar-refractivity contribution in [2.24, 2.45) is 5.92 Å². The van der Waals surface area contributed by atoms with E-state index in [1.165, 1.54) is 0 Å². The Kier molecular flexibility index (Phi) is 8.11. The van der Waals surface area contributed by atoms with E-state index >= 15 is 0 Å². The SMILES string of the molecule is C/C(=C\I)[C@H]1CC(=O)[C@@H](C)[C@@H](CCOB=[PH]=S)O1. The summed E-state index contributed by atoms with van der Waals surface area (Å²) >= 11 is 6.97. The van der Waals surface area contributed by atoms with Gasteiger partial charge in [-0.2, -0.15) is 0 Å². The summed E-state index contributed by atoms with van der Waals surface area (Å²) in [5.74, 6) is 0.237. The van der Waals surface area contributed by atoms with Crippen LogP contribution in [0.3, 0.4) is 0 Å². The van der Waals surface area contributed by atoms with Gasteiger partial charge in [-0.05, 0) is 0 Å². The summed E-state index contributed by atoms with van der Waals surface area (Å²) in [6.07, 6.45) is 1.10. The molecule has 1 aliphatic rings. The van der Waals surface area contributed by atoms with Crippen molar-refractivity contribution in [1.82, 2.24) is 0 Å². The summed E-state index contributed by atoms with van der Waals surface area (Å²) in [7, 11) is 0. The zero-order chi connectivity index (χ0) is 13.5. The maximum absolute atomic E-state index is 12.0. The molecule has 0 spiro atoms. The van der Waals surface area contributed by atoms with Crippen LogP contribution in [0, 0.1) is 5.92 Å². The van der Waals surface area contributed by atoms with Crippen LogP contribution < -0.4 is 0 Å². The predicted molar refractivity (Wildman–Crippen MR) is 87.2 cm³/mol. The molecule has 1 saturated heterocycles. The number of Topliss-reactive ketones (excluding diaryl/α,β-unsaturated/α-hetero) is 1. The fourth-order valence-electron chi connectivity index (χ4n) is 1.89. The Morgan fingerprint density at radius 2 is 2.50 bits per heavy atom. The maximum atomic E-state index is 12.0. The van der Waals surface area contributed by atoms with Crippen LogP contribution in [-0.2, 0) is 26.0 Å². The van der Waals surface area contributed by atoms with Crippen LogP contribution >= 0.6 is 29.4 Å². The van der Waals surface area contributed by atoms with Crippen molar-refractivity contribution < 1.29 is 14.2 Å². The van der Waals surface area contributed by atoms with E-state index in [1.54, 1.807) is 6.82 Å². The van der Waals surface area contributed by atoms with Crippen molar-refractivity contribution in [3.8, 4) is 0 Å². The first-order valence-electron chi connectivity index (χ1n) is 5.86. The Hall–Kier alpha value is 0.645. The predicted octanol–water partition coefficient (Wildman–Crippen LogP) is 2.77. The summed E-state index contributed by atoms with van der Waals surface area (Å²) in [4.78, 5) is 12.0. The normalized spacial score (nSPS) is 29.4. The molecule has 1 unspecified atom stereocenters. The first-order valence-corrected chi connectivity index (χ1v) is 9.31. The summed E-state index contributed by atoms with van der Waals surface area (Å²) in [6, 6.07) is 0. The minimum atomic E-state index is -0.0691. The van der Waals surface area contributed by atoms with Gasteiger partial charge in [0.25, 0.3) is 0 Å². The van der Waals surface area contributed by atoms with Gasteiger partial charge in [0.05, 0.1) is 0 Å². The molecule has 0 aromatic heterocycles. The molecule has 0 saturated carbocycles. The zero-order valence-corrected chi connectivity index (χ0v) is 14.5. The summed E-state index contributed by atoms with van der Waals surface area (Å²) in [6.45, 7) is 6.41. The second kappa shape index (κ2) is 8.74. The second-order valence-corrected chi connectivity index (χ2v) is 6.17. The molecular weight excluding hydrogens is 381 g/mol. The van der Waals surface area contributed by atoms with Crippen molar-refractivity contribution in [3.63, 3.8) is 0 Å². The molecule has 0 N–H and O–H groups in total. The molecule has 3 nitrogen and oxygen atoms in total. The molecule has 0 bridgehead atoms. The molecule has 1 fully saturated rings. The number of carbonyl (C=O) groups excluding carboxylic acids is 1. The molecule has 1 aliphatic heterocycles. The van der Waals surface area contributed by atoms with Crippen molar-refractivity contribution in [2.75, 3.05) is 6.61 Å². The van der Waals surface area contributed by atoms with Gasteiger partial charge >= 0.3 is 129 Å². The van der Waals surface area contributed by atoms with E-state index in [0.717, 1.165) is 12.0 Å². The first kappa shape index (κ1) is 16.7. The van der Waals surface area contributed by atoms with Crippen LogP contribution in [0.4, 0.5) is 0 Å². The minimum absolute atomic E-state index is 0.0437. The van der Waals surface area contributed by atoms with Gasteiger partial charge in [0.2, 0.25) is 0 Å². The molecule has 0 aromatic carbocycles. The number of halogens is 1. The summed E-state index contributed by atoms with van der Waals surface area (Å²) < 4.78 is 13.2. The van der Waals surface area contributed by atoms with Gasteiger partial charge in [-0.15, -0.1) is 0 Å². The van der Waals surface area contributed by atoms with Crippen molar-refractivity contribution >= 4 is 53.8 Å². The van der Waals surface area contributed by atoms with Crippen molar-refractivity contribution in [3.05, 3.63) is 9.66 Å². The summed E-state index contributed by atoms with van der Waals surface area (Å²) in [5.41, 5.74) is 1.11. The standard InChI is InChI=1S/C11H17BIO3PS/c1-7(6-13)11-5-9(14)8(2)10(16-11)3-4-15-12-17-18/h6,8,10-11,17H,3-5H2,1-2H3/b7-6+/t8-,10-,11-/m1/s1. The van der Waals surface area contributed by atoms with E-state index in [4.69, 9.17) is 21.2 Å². The third-order valence-electron chi connectivity index (χ3n) is 3.12. The van der Waals surface area contributed by atoms with E-state index < -0.39 is 0 Å². The Labute approximate surface area is 129 Å². The molecule has 1 heterocycles. The number of rotatable bonds is 5. The number of ether oxygens (including phenoxy) is 1. The average Bonchev–Trinajstić information content (AvgIpc) is 2.38. The van der Waals surface area contributed by atoms with Gasteiger partial charge in [-0.25, -0.2) is 0 Å². The Bertz CT molecular complexity index is 384. The van der Waals surface area contributed by atoms with Crippen molar-refractivity contribution in [1.29, 1.82) is 0 Å². The molecular formula is C11H17BIO3PS. The Balaban J connectivity index is 2.58. The molecule has 0 aromatic rings. The fourth-order valence-corrected chi connectivity index (χ4v) is 2.68. The molecule has 18 heavy (non-hydrogen) atoms. The molecule has 4 atom stereocenters. The van der Waals surface area contributed by atoms with Gasteiger partial charge in [0, 0.05) is 0 Å². The molecule has 1 rings (SSSR count). The van der Waals surface area contributed by atoms with Crippen LogP contribution in [-0.4, -0.2) is 31.4 Å². The second-order valence-electron chi connectivity index (χ2n) is 4.37. The molecule has 100 valence electrons. The number of hydrogen-bond donors (Lipinski definition) is 0. The zero-order valence-electron chi connectivity index (χ0n) is 10.5. The quantitative estimate of drug-likeness (QED) is 0.309. The first-order chi connectivity index (χ1) is 8.60. The third kappa shape index (κ3) is 4.97. The molecule has 0 amide bonds. The Morgan fingerprint density at radius 1 is 1.78 bits per heavy atom. The van der Waals surface area contributed by atoms with Crippen LogP contribution in [0.5, 0.6) is 0 Å². The third-order valence-corrected chi connectivity index (χ3v) is 4.66. The van der Waals surface area contributed by atoms with Crippen LogP contribution in [0.25, 0.3) is 0 Å². The fraction of sp³-hybridized carbons (Fsp3) is 0.727. The van der Waals surface area contributed by atoms with Gasteiger partial charge in [0.15, 0.2) is 0 Å². The molecule has 0 aliphatic carbocycles. The number of carbonyl (C=O) groups is 1. The molecule has 7 heteroatoms. The van der Waals surface area contributed by atoms with Gasteiger partial charge < -0.3 is 0 Å². The van der Waals surface area contributed by atoms with E-state index in [-0.39, 0.29) is 30.8 Å². The van der Waals surface area contributed by atoms with Crippen LogP contribution in [0.2, 0.25) is 0 Å². The van der Waals surface area contributed by atoms with Crippen molar-refractivity contribution in [2.45, 2.75) is 38.9 Å². The summed E-state index contributed by atoms with van der Waals surface area (Å²) in [5, 5.41) is 0. The van der Waals surface area contributed by atoms with Gasteiger partial charge in [0.1, 0.15) is 0 Å². The van der Waals surface area contributed by atoms with E-state index in [2.05, 4.69) is 22.6 Å². The topological polar surface area (TPSA) is 35.5 Å². The number of hydrogen-bond acceptors (Lipinski definition) is 4. The van der Waals surface area contributed by atoms with Gasteiger partial charge in [-0.3, -0.25) is 0 Å². The average molecular weight is 398 g/mol. The molecule has 0 radical (unpaired) electrons. The van der Waals surface area contributed by atoms with E-state index in [9.17, 15) is 4.79 Å². The van der Waals surface area contributed by atoms with Crippen LogP contribution in [0.1, 0.15) is 26.7 Å². The Morgan fingerprint density at radius 3 is 3.11 bits per heavy atom. The van der Waals surface area contributed by atoms with E-state index in [0.29, 0.717) is 13.0 Å².